The zero-order chi connectivity index (χ0) is 14.8. The number of rotatable bonds is 3. The van der Waals surface area contributed by atoms with Gasteiger partial charge in [-0.1, -0.05) is 0 Å². The van der Waals surface area contributed by atoms with Crippen molar-refractivity contribution in [3.05, 3.63) is 53.1 Å². The second kappa shape index (κ2) is 5.63. The monoisotopic (exact) mass is 291 g/mol. The van der Waals surface area contributed by atoms with Crippen molar-refractivity contribution in [2.45, 2.75) is 32.4 Å². The highest BCUT2D eigenvalue weighted by Gasteiger charge is 2.16. The second-order valence-corrected chi connectivity index (χ2v) is 5.15. The summed E-state index contributed by atoms with van der Waals surface area (Å²) in [4.78, 5) is 16.3. The molecule has 1 N–H and O–H groups in total. The number of carbonyl (C=O) groups excluding carboxylic acids is 1. The fraction of sp³-hybridized carbons (Fsp3) is 0.333. The molecule has 1 aromatic heterocycles. The first-order chi connectivity index (χ1) is 10.1. The van der Waals surface area contributed by atoms with E-state index in [1.165, 1.54) is 12.1 Å². The van der Waals surface area contributed by atoms with Gasteiger partial charge in [-0.3, -0.25) is 4.79 Å². The van der Waals surface area contributed by atoms with Crippen molar-refractivity contribution in [1.29, 1.82) is 0 Å². The molecule has 0 atom stereocenters. The Hall–Kier alpha value is -2.24. The summed E-state index contributed by atoms with van der Waals surface area (Å²) in [5, 5.41) is 2.63. The standard InChI is InChI=1S/C15H15F2N3O/c16-11-5-10(6-12(17)7-11)8-18-15(21)13-9-20-4-2-1-3-14(20)19-13/h5-7,9H,1-4,8H2,(H,18,21). The summed E-state index contributed by atoms with van der Waals surface area (Å²) in [6, 6.07) is 3.19. The van der Waals surface area contributed by atoms with Crippen molar-refractivity contribution in [3.8, 4) is 0 Å². The maximum Gasteiger partial charge on any atom is 0.271 e. The lowest BCUT2D eigenvalue weighted by Gasteiger charge is -2.11. The molecule has 0 saturated carbocycles. The number of hydrogen-bond acceptors (Lipinski definition) is 2. The second-order valence-electron chi connectivity index (χ2n) is 5.15. The summed E-state index contributed by atoms with van der Waals surface area (Å²) in [7, 11) is 0. The maximum atomic E-state index is 13.1. The molecule has 0 radical (unpaired) electrons. The SMILES string of the molecule is O=C(NCc1cc(F)cc(F)c1)c1cn2c(n1)CCCC2. The summed E-state index contributed by atoms with van der Waals surface area (Å²) in [5.41, 5.74) is 0.730. The van der Waals surface area contributed by atoms with Gasteiger partial charge < -0.3 is 9.88 Å². The first-order valence-electron chi connectivity index (χ1n) is 6.91. The highest BCUT2D eigenvalue weighted by Crippen LogP contribution is 2.14. The zero-order valence-corrected chi connectivity index (χ0v) is 11.4. The lowest BCUT2D eigenvalue weighted by molar-refractivity contribution is 0.0946. The average molecular weight is 291 g/mol. The van der Waals surface area contributed by atoms with Crippen LogP contribution in [-0.4, -0.2) is 15.5 Å². The van der Waals surface area contributed by atoms with Gasteiger partial charge in [0, 0.05) is 31.8 Å². The Balaban J connectivity index is 1.67. The largest absolute Gasteiger partial charge is 0.347 e. The summed E-state index contributed by atoms with van der Waals surface area (Å²) in [6.07, 6.45) is 4.78. The molecule has 2 aromatic rings. The number of aryl methyl sites for hydroxylation is 2. The van der Waals surface area contributed by atoms with Gasteiger partial charge in [0.15, 0.2) is 0 Å². The van der Waals surface area contributed by atoms with Gasteiger partial charge >= 0.3 is 0 Å². The van der Waals surface area contributed by atoms with E-state index in [4.69, 9.17) is 0 Å². The third-order valence-corrected chi connectivity index (χ3v) is 3.52. The highest BCUT2D eigenvalue weighted by atomic mass is 19.1. The summed E-state index contributed by atoms with van der Waals surface area (Å²) in [6.45, 7) is 0.945. The Morgan fingerprint density at radius 1 is 1.24 bits per heavy atom. The van der Waals surface area contributed by atoms with Gasteiger partial charge in [0.2, 0.25) is 0 Å². The molecule has 110 valence electrons. The number of benzene rings is 1. The molecule has 3 rings (SSSR count). The van der Waals surface area contributed by atoms with E-state index >= 15 is 0 Å². The van der Waals surface area contributed by atoms with Gasteiger partial charge in [0.05, 0.1) is 0 Å². The maximum absolute atomic E-state index is 13.1. The highest BCUT2D eigenvalue weighted by molar-refractivity contribution is 5.92. The number of halogens is 2. The van der Waals surface area contributed by atoms with Crippen LogP contribution in [0.3, 0.4) is 0 Å². The van der Waals surface area contributed by atoms with Crippen LogP contribution in [0.1, 0.15) is 34.7 Å². The van der Waals surface area contributed by atoms with Gasteiger partial charge in [-0.2, -0.15) is 0 Å². The van der Waals surface area contributed by atoms with Crippen molar-refractivity contribution in [2.75, 3.05) is 0 Å². The van der Waals surface area contributed by atoms with Crippen molar-refractivity contribution >= 4 is 5.91 Å². The predicted molar refractivity (Wildman–Crippen MR) is 72.7 cm³/mol. The Morgan fingerprint density at radius 3 is 2.71 bits per heavy atom. The molecular formula is C15H15F2N3O. The predicted octanol–water partition coefficient (Wildman–Crippen LogP) is 2.43. The van der Waals surface area contributed by atoms with E-state index in [9.17, 15) is 13.6 Å². The van der Waals surface area contributed by atoms with Crippen molar-refractivity contribution in [3.63, 3.8) is 0 Å². The molecule has 0 bridgehead atoms. The summed E-state index contributed by atoms with van der Waals surface area (Å²) >= 11 is 0. The molecule has 1 aliphatic rings. The van der Waals surface area contributed by atoms with Crippen LogP contribution in [0, 0.1) is 11.6 Å². The quantitative estimate of drug-likeness (QED) is 0.944. The molecule has 4 nitrogen and oxygen atoms in total. The van der Waals surface area contributed by atoms with E-state index in [0.29, 0.717) is 11.3 Å². The Bertz CT molecular complexity index is 638. The normalized spacial score (nSPS) is 13.8. The van der Waals surface area contributed by atoms with E-state index < -0.39 is 11.6 Å². The fourth-order valence-electron chi connectivity index (χ4n) is 2.51. The Labute approximate surface area is 120 Å². The van der Waals surface area contributed by atoms with Gasteiger partial charge in [-0.05, 0) is 30.5 Å². The number of aromatic nitrogens is 2. The molecule has 0 fully saturated rings. The van der Waals surface area contributed by atoms with E-state index in [1.54, 1.807) is 6.20 Å². The molecule has 0 saturated heterocycles. The van der Waals surface area contributed by atoms with Gasteiger partial charge in [-0.15, -0.1) is 0 Å². The van der Waals surface area contributed by atoms with Crippen LogP contribution in [0.25, 0.3) is 0 Å². The molecular weight excluding hydrogens is 276 g/mol. The van der Waals surface area contributed by atoms with E-state index in [2.05, 4.69) is 10.3 Å². The molecule has 21 heavy (non-hydrogen) atoms. The van der Waals surface area contributed by atoms with Crippen LogP contribution in [0.15, 0.2) is 24.4 Å². The van der Waals surface area contributed by atoms with E-state index in [-0.39, 0.29) is 12.5 Å². The number of imidazole rings is 1. The average Bonchev–Trinajstić information content (AvgIpc) is 2.87. The van der Waals surface area contributed by atoms with Crippen LogP contribution >= 0.6 is 0 Å². The number of nitrogens with one attached hydrogen (secondary N) is 1. The number of carbonyl (C=O) groups is 1. The molecule has 0 spiro atoms. The Kier molecular flexibility index (Phi) is 3.68. The third-order valence-electron chi connectivity index (χ3n) is 3.52. The van der Waals surface area contributed by atoms with Crippen molar-refractivity contribution in [1.82, 2.24) is 14.9 Å². The van der Waals surface area contributed by atoms with Gasteiger partial charge in [0.1, 0.15) is 23.2 Å². The molecule has 1 aliphatic heterocycles. The molecule has 0 aliphatic carbocycles. The Morgan fingerprint density at radius 2 is 2.00 bits per heavy atom. The van der Waals surface area contributed by atoms with Crippen molar-refractivity contribution in [2.24, 2.45) is 0 Å². The lowest BCUT2D eigenvalue weighted by Crippen LogP contribution is -2.23. The molecule has 1 aromatic carbocycles. The third kappa shape index (κ3) is 3.09. The van der Waals surface area contributed by atoms with Crippen LogP contribution in [0.5, 0.6) is 0 Å². The van der Waals surface area contributed by atoms with Gasteiger partial charge in [-0.25, -0.2) is 13.8 Å². The number of amides is 1. The smallest absolute Gasteiger partial charge is 0.271 e. The first-order valence-corrected chi connectivity index (χ1v) is 6.91. The minimum Gasteiger partial charge on any atom is -0.347 e. The van der Waals surface area contributed by atoms with E-state index in [0.717, 1.165) is 37.7 Å². The van der Waals surface area contributed by atoms with Crippen LogP contribution < -0.4 is 5.32 Å². The molecule has 6 heteroatoms. The lowest BCUT2D eigenvalue weighted by atomic mass is 10.2. The molecule has 0 unspecified atom stereocenters. The first kappa shape index (κ1) is 13.7. The van der Waals surface area contributed by atoms with Crippen LogP contribution in [0.2, 0.25) is 0 Å². The topological polar surface area (TPSA) is 46.9 Å². The summed E-state index contributed by atoms with van der Waals surface area (Å²) < 4.78 is 28.1. The minimum absolute atomic E-state index is 0.0652. The van der Waals surface area contributed by atoms with Gasteiger partial charge in [0.25, 0.3) is 5.91 Å². The number of nitrogens with zero attached hydrogens (tertiary/aromatic N) is 2. The fourth-order valence-corrected chi connectivity index (χ4v) is 2.51. The van der Waals surface area contributed by atoms with E-state index in [1.807, 2.05) is 4.57 Å². The van der Waals surface area contributed by atoms with Crippen molar-refractivity contribution < 1.29 is 13.6 Å². The number of hydrogen-bond donors (Lipinski definition) is 1. The summed E-state index contributed by atoms with van der Waals surface area (Å²) in [5.74, 6) is -0.724. The molecule has 1 amide bonds. The number of fused-ring (bicyclic) bond motifs is 1. The zero-order valence-electron chi connectivity index (χ0n) is 11.4. The molecule has 2 heterocycles. The van der Waals surface area contributed by atoms with Crippen LogP contribution in [-0.2, 0) is 19.5 Å². The minimum atomic E-state index is -0.656. The van der Waals surface area contributed by atoms with Crippen LogP contribution in [0.4, 0.5) is 8.78 Å².